The minimum Gasteiger partial charge on any atom is -0.382 e. The highest BCUT2D eigenvalue weighted by atomic mass is 32.2. The molecule has 2 aliphatic heterocycles. The van der Waals surface area contributed by atoms with Crippen molar-refractivity contribution in [2.45, 2.75) is 24.7 Å². The van der Waals surface area contributed by atoms with E-state index in [2.05, 4.69) is 0 Å². The van der Waals surface area contributed by atoms with Crippen molar-refractivity contribution in [3.05, 3.63) is 24.4 Å². The summed E-state index contributed by atoms with van der Waals surface area (Å²) < 4.78 is 67.1. The van der Waals surface area contributed by atoms with Crippen LogP contribution in [0.1, 0.15) is 6.42 Å². The van der Waals surface area contributed by atoms with Crippen LogP contribution < -0.4 is 5.14 Å². The normalized spacial score (nSPS) is 24.7. The molecule has 0 aromatic heterocycles. The van der Waals surface area contributed by atoms with E-state index in [0.717, 1.165) is 4.90 Å². The third-order valence-electron chi connectivity index (χ3n) is 4.05. The Bertz CT molecular complexity index is 674. The van der Waals surface area contributed by atoms with E-state index in [1.165, 1.54) is 24.4 Å². The molecule has 1 fully saturated rings. The Morgan fingerprint density at radius 2 is 2.12 bits per heavy atom. The predicted octanol–water partition coefficient (Wildman–Crippen LogP) is -0.268. The summed E-state index contributed by atoms with van der Waals surface area (Å²) in [4.78, 5) is 13.6. The highest BCUT2D eigenvalue weighted by molar-refractivity contribution is 7.87. The van der Waals surface area contributed by atoms with Crippen LogP contribution in [0.25, 0.3) is 0 Å². The molecule has 0 aliphatic carbocycles. The van der Waals surface area contributed by atoms with Gasteiger partial charge in [0, 0.05) is 25.3 Å². The van der Waals surface area contributed by atoms with Crippen molar-refractivity contribution in [1.29, 1.82) is 0 Å². The van der Waals surface area contributed by atoms with Gasteiger partial charge in [0.1, 0.15) is 6.04 Å². The Balaban J connectivity index is 2.18. The van der Waals surface area contributed by atoms with Gasteiger partial charge >= 0.3 is 16.4 Å². The lowest BCUT2D eigenvalue weighted by Gasteiger charge is -2.34. The quantitative estimate of drug-likeness (QED) is 0.636. The van der Waals surface area contributed by atoms with E-state index >= 15 is 0 Å². The van der Waals surface area contributed by atoms with Crippen molar-refractivity contribution in [3.8, 4) is 0 Å². The maximum absolute atomic E-state index is 12.7. The molecule has 3 atom stereocenters. The first-order valence-electron chi connectivity index (χ1n) is 7.77. The van der Waals surface area contributed by atoms with Crippen LogP contribution in [0.5, 0.6) is 0 Å². The first-order chi connectivity index (χ1) is 12.0. The molecule has 1 amide bonds. The summed E-state index contributed by atoms with van der Waals surface area (Å²) in [5.74, 6) is -1.23. The number of alkyl halides is 3. The smallest absolute Gasteiger partial charge is 0.382 e. The number of nitrogens with two attached hydrogens (primary N) is 1. The van der Waals surface area contributed by atoms with Gasteiger partial charge in [-0.1, -0.05) is 12.2 Å². The van der Waals surface area contributed by atoms with Crippen LogP contribution in [0.3, 0.4) is 0 Å². The molecule has 2 unspecified atom stereocenters. The summed E-state index contributed by atoms with van der Waals surface area (Å²) >= 11 is 0. The van der Waals surface area contributed by atoms with Gasteiger partial charge in [-0.2, -0.15) is 21.6 Å². The fourth-order valence-electron chi connectivity index (χ4n) is 2.66. The summed E-state index contributed by atoms with van der Waals surface area (Å²) in [6, 6.07) is -1.34. The van der Waals surface area contributed by atoms with Crippen LogP contribution in [-0.4, -0.2) is 73.3 Å². The van der Waals surface area contributed by atoms with E-state index in [-0.39, 0.29) is 19.1 Å². The van der Waals surface area contributed by atoms with E-state index in [9.17, 15) is 31.5 Å². The Morgan fingerprint density at radius 3 is 2.65 bits per heavy atom. The zero-order chi connectivity index (χ0) is 19.5. The van der Waals surface area contributed by atoms with Gasteiger partial charge in [0.25, 0.3) is 5.91 Å². The zero-order valence-electron chi connectivity index (χ0n) is 13.7. The van der Waals surface area contributed by atoms with Gasteiger partial charge in [-0.15, -0.1) is 0 Å². The molecule has 0 bridgehead atoms. The third kappa shape index (κ3) is 5.19. The van der Waals surface area contributed by atoms with Crippen molar-refractivity contribution in [1.82, 2.24) is 9.21 Å². The molecule has 2 heterocycles. The van der Waals surface area contributed by atoms with E-state index in [1.54, 1.807) is 0 Å². The molecule has 0 radical (unpaired) electrons. The lowest BCUT2D eigenvalue weighted by atomic mass is 10.1. The van der Waals surface area contributed by atoms with Crippen molar-refractivity contribution in [3.63, 3.8) is 0 Å². The van der Waals surface area contributed by atoms with Gasteiger partial charge in [0.15, 0.2) is 6.10 Å². The van der Waals surface area contributed by atoms with E-state index in [0.29, 0.717) is 17.3 Å². The minimum atomic E-state index is -4.87. The number of amides is 1. The standard InChI is InChI=1S/C14H20F3N3O5S/c15-14(16,17)12(21)8-19-5-2-1-3-11(19)13(22)20(26(18,23)24)7-10-4-6-25-9-10/h1-3,5,10-12,21H,4,6-9H2,(H2,18,23,24)/t10-,11?,12?/m1/s1. The van der Waals surface area contributed by atoms with Crippen molar-refractivity contribution in [2.75, 3.05) is 26.3 Å². The number of β-amino-alcohol motifs (C(OH)–C–C–N with tert-alkyl or cyclic N) is 1. The summed E-state index contributed by atoms with van der Waals surface area (Å²) in [5, 5.41) is 14.4. The Kier molecular flexibility index (Phi) is 6.32. The topological polar surface area (TPSA) is 113 Å². The summed E-state index contributed by atoms with van der Waals surface area (Å²) in [5.41, 5.74) is 0. The molecule has 0 aromatic carbocycles. The van der Waals surface area contributed by atoms with E-state index in [4.69, 9.17) is 9.88 Å². The molecule has 0 aromatic rings. The van der Waals surface area contributed by atoms with E-state index < -0.39 is 41.0 Å². The SMILES string of the molecule is NS(=O)(=O)N(C[C@H]1CCOC1)C(=O)C1C=CC=CN1CC(O)C(F)(F)F. The summed E-state index contributed by atoms with van der Waals surface area (Å²) in [7, 11) is -4.42. The largest absolute Gasteiger partial charge is 0.416 e. The third-order valence-corrected chi connectivity index (χ3v) is 5.00. The number of hydrogen-bond acceptors (Lipinski definition) is 6. The summed E-state index contributed by atoms with van der Waals surface area (Å²) in [6.07, 6.45) is -1.83. The second-order valence-corrected chi connectivity index (χ2v) is 7.54. The number of allylic oxidation sites excluding steroid dienone is 2. The van der Waals surface area contributed by atoms with Crippen LogP contribution in [0.4, 0.5) is 13.2 Å². The number of hydrogen-bond donors (Lipinski definition) is 2. The van der Waals surface area contributed by atoms with Gasteiger partial charge in [0.2, 0.25) is 0 Å². The Labute approximate surface area is 148 Å². The number of carbonyl (C=O) groups excluding carboxylic acids is 1. The molecule has 12 heteroatoms. The first-order valence-corrected chi connectivity index (χ1v) is 9.28. The predicted molar refractivity (Wildman–Crippen MR) is 84.6 cm³/mol. The average molecular weight is 399 g/mol. The molecule has 26 heavy (non-hydrogen) atoms. The lowest BCUT2D eigenvalue weighted by molar-refractivity contribution is -0.207. The number of ether oxygens (including phenoxy) is 1. The van der Waals surface area contributed by atoms with Gasteiger partial charge in [-0.25, -0.2) is 9.44 Å². The molecule has 0 saturated carbocycles. The fourth-order valence-corrected chi connectivity index (χ4v) is 3.44. The number of aliphatic hydroxyl groups is 1. The molecular weight excluding hydrogens is 379 g/mol. The summed E-state index contributed by atoms with van der Waals surface area (Å²) in [6.45, 7) is -0.462. The molecular formula is C14H20F3N3O5S. The Hall–Kier alpha value is -1.63. The number of rotatable bonds is 6. The molecule has 2 aliphatic rings. The molecule has 8 nitrogen and oxygen atoms in total. The fraction of sp³-hybridized carbons (Fsp3) is 0.643. The molecule has 2 rings (SSSR count). The lowest BCUT2D eigenvalue weighted by Crippen LogP contribution is -2.54. The van der Waals surface area contributed by atoms with Crippen molar-refractivity contribution >= 4 is 16.1 Å². The van der Waals surface area contributed by atoms with Crippen LogP contribution in [0, 0.1) is 5.92 Å². The first kappa shape index (κ1) is 20.7. The van der Waals surface area contributed by atoms with Crippen LogP contribution >= 0.6 is 0 Å². The maximum Gasteiger partial charge on any atom is 0.416 e. The highest BCUT2D eigenvalue weighted by Gasteiger charge is 2.42. The molecule has 3 N–H and O–H groups in total. The number of nitrogens with zero attached hydrogens (tertiary/aromatic N) is 2. The molecule has 0 spiro atoms. The van der Waals surface area contributed by atoms with Crippen LogP contribution in [-0.2, 0) is 19.7 Å². The van der Waals surface area contributed by atoms with Crippen LogP contribution in [0.15, 0.2) is 24.4 Å². The average Bonchev–Trinajstić information content (AvgIpc) is 3.03. The van der Waals surface area contributed by atoms with Crippen molar-refractivity contribution < 1.29 is 36.2 Å². The second-order valence-electron chi connectivity index (χ2n) is 6.07. The van der Waals surface area contributed by atoms with Crippen molar-refractivity contribution in [2.24, 2.45) is 11.1 Å². The number of carbonyl (C=O) groups is 1. The minimum absolute atomic E-state index is 0.221. The number of aliphatic hydroxyl groups excluding tert-OH is 1. The van der Waals surface area contributed by atoms with Gasteiger partial charge < -0.3 is 14.7 Å². The van der Waals surface area contributed by atoms with Gasteiger partial charge in [0.05, 0.1) is 13.2 Å². The maximum atomic E-state index is 12.7. The Morgan fingerprint density at radius 1 is 1.42 bits per heavy atom. The van der Waals surface area contributed by atoms with E-state index in [1.807, 2.05) is 0 Å². The van der Waals surface area contributed by atoms with Gasteiger partial charge in [-0.3, -0.25) is 4.79 Å². The highest BCUT2D eigenvalue weighted by Crippen LogP contribution is 2.24. The number of halogens is 3. The zero-order valence-corrected chi connectivity index (χ0v) is 14.5. The van der Waals surface area contributed by atoms with Crippen LogP contribution in [0.2, 0.25) is 0 Å². The molecule has 1 saturated heterocycles. The molecule has 148 valence electrons. The second kappa shape index (κ2) is 7.94. The monoisotopic (exact) mass is 399 g/mol. The van der Waals surface area contributed by atoms with Gasteiger partial charge in [-0.05, 0) is 12.5 Å².